The number of carbonyl (C=O) groups excluding carboxylic acids is 4. The molecule has 11 nitrogen and oxygen atoms in total. The molecule has 0 saturated carbocycles. The van der Waals surface area contributed by atoms with Gasteiger partial charge in [-0.1, -0.05) is 13.8 Å². The molecule has 2 atom stereocenters. The van der Waals surface area contributed by atoms with Crippen LogP contribution in [0.2, 0.25) is 0 Å². The van der Waals surface area contributed by atoms with Gasteiger partial charge in [-0.25, -0.2) is 0 Å². The number of aromatic nitrogens is 1. The van der Waals surface area contributed by atoms with Gasteiger partial charge in [0.05, 0.1) is 43.1 Å². The van der Waals surface area contributed by atoms with E-state index < -0.39 is 6.04 Å². The number of carbonyl (C=O) groups is 4. The van der Waals surface area contributed by atoms with Crippen LogP contribution in [0, 0.1) is 5.92 Å². The number of hydrogen-bond donors (Lipinski definition) is 3. The van der Waals surface area contributed by atoms with Crippen LogP contribution in [-0.4, -0.2) is 88.3 Å². The number of hydrogen-bond acceptors (Lipinski definition) is 9. The van der Waals surface area contributed by atoms with Crippen molar-refractivity contribution in [1.29, 1.82) is 0 Å². The summed E-state index contributed by atoms with van der Waals surface area (Å²) in [5, 5.41) is 7.52. The minimum atomic E-state index is -0.462. The molecular weight excluding hydrogens is 476 g/mol. The second kappa shape index (κ2) is 20.9. The summed E-state index contributed by atoms with van der Waals surface area (Å²) >= 11 is 1.33. The topological polar surface area (TPSA) is 148 Å². The van der Waals surface area contributed by atoms with E-state index in [0.29, 0.717) is 36.5 Å². The molecule has 1 aliphatic rings. The fourth-order valence-corrected chi connectivity index (χ4v) is 2.63. The zero-order valence-electron chi connectivity index (χ0n) is 22.1. The van der Waals surface area contributed by atoms with Crippen molar-refractivity contribution in [2.75, 3.05) is 41.1 Å². The van der Waals surface area contributed by atoms with Crippen LogP contribution in [-0.2, 0) is 28.6 Å². The quantitative estimate of drug-likeness (QED) is 0.294. The molecule has 3 amide bonds. The van der Waals surface area contributed by atoms with E-state index in [1.54, 1.807) is 33.0 Å². The molecule has 2 unspecified atom stereocenters. The maximum absolute atomic E-state index is 11.4. The van der Waals surface area contributed by atoms with Gasteiger partial charge < -0.3 is 35.0 Å². The third kappa shape index (κ3) is 23.1. The first-order chi connectivity index (χ1) is 16.5. The Morgan fingerprint density at radius 2 is 1.77 bits per heavy atom. The monoisotopic (exact) mass is 518 g/mol. The zero-order chi connectivity index (χ0) is 27.3. The summed E-state index contributed by atoms with van der Waals surface area (Å²) in [6.07, 6.45) is 3.31. The molecule has 3 N–H and O–H groups in total. The number of ether oxygens (including phenoxy) is 3. The normalized spacial score (nSPS) is 14.2. The van der Waals surface area contributed by atoms with Gasteiger partial charge >= 0.3 is 0 Å². The second-order valence-electron chi connectivity index (χ2n) is 8.59. The number of thiazole rings is 1. The van der Waals surface area contributed by atoms with E-state index in [4.69, 9.17) is 9.47 Å². The van der Waals surface area contributed by atoms with Crippen LogP contribution < -0.4 is 16.0 Å². The van der Waals surface area contributed by atoms with Crippen molar-refractivity contribution >= 4 is 35.8 Å². The smallest absolute Gasteiger partial charge is 0.263 e. The molecule has 1 aromatic rings. The molecule has 0 spiro atoms. The van der Waals surface area contributed by atoms with Gasteiger partial charge in [-0.3, -0.25) is 19.4 Å². The lowest BCUT2D eigenvalue weighted by Crippen LogP contribution is -2.41. The lowest BCUT2D eigenvalue weighted by Gasteiger charge is -2.14. The van der Waals surface area contributed by atoms with E-state index in [1.807, 2.05) is 20.8 Å². The van der Waals surface area contributed by atoms with Gasteiger partial charge in [-0.15, -0.1) is 11.3 Å². The highest BCUT2D eigenvalue weighted by molar-refractivity contribution is 7.11. The molecule has 0 aliphatic carbocycles. The average Bonchev–Trinajstić information content (AvgIpc) is 3.24. The summed E-state index contributed by atoms with van der Waals surface area (Å²) in [5.41, 5.74) is 1.88. The Morgan fingerprint density at radius 3 is 2.14 bits per heavy atom. The highest BCUT2D eigenvalue weighted by atomic mass is 32.1. The van der Waals surface area contributed by atoms with Gasteiger partial charge in [0.1, 0.15) is 11.2 Å². The molecule has 35 heavy (non-hydrogen) atoms. The maximum atomic E-state index is 11.4. The van der Waals surface area contributed by atoms with E-state index in [0.717, 1.165) is 6.61 Å². The predicted octanol–water partition coefficient (Wildman–Crippen LogP) is 1.43. The molecule has 202 valence electrons. The summed E-state index contributed by atoms with van der Waals surface area (Å²) in [6, 6.07) is -0.435. The first-order valence-electron chi connectivity index (χ1n) is 11.1. The molecule has 0 bridgehead atoms. The van der Waals surface area contributed by atoms with Gasteiger partial charge in [0, 0.05) is 27.4 Å². The van der Waals surface area contributed by atoms with Gasteiger partial charge in [0.2, 0.25) is 12.3 Å². The van der Waals surface area contributed by atoms with Crippen LogP contribution >= 0.6 is 11.3 Å². The summed E-state index contributed by atoms with van der Waals surface area (Å²) in [4.78, 5) is 47.3. The fourth-order valence-electron chi connectivity index (χ4n) is 2.11. The minimum Gasteiger partial charge on any atom is -0.388 e. The number of epoxide rings is 1. The van der Waals surface area contributed by atoms with Crippen molar-refractivity contribution in [3.63, 3.8) is 0 Å². The number of rotatable bonds is 11. The molecule has 2 heterocycles. The summed E-state index contributed by atoms with van der Waals surface area (Å²) in [6.45, 7) is 11.4. The van der Waals surface area contributed by atoms with Crippen LogP contribution in [0.15, 0.2) is 11.7 Å². The molecule has 12 heteroatoms. The van der Waals surface area contributed by atoms with Crippen molar-refractivity contribution in [2.45, 2.75) is 58.7 Å². The molecule has 0 aromatic carbocycles. The van der Waals surface area contributed by atoms with E-state index in [2.05, 4.69) is 39.5 Å². The van der Waals surface area contributed by atoms with Crippen LogP contribution in [0.3, 0.4) is 0 Å². The highest BCUT2D eigenvalue weighted by Gasteiger charge is 2.32. The van der Waals surface area contributed by atoms with Crippen LogP contribution in [0.1, 0.15) is 50.7 Å². The van der Waals surface area contributed by atoms with Gasteiger partial charge in [0.15, 0.2) is 0 Å². The van der Waals surface area contributed by atoms with Crippen molar-refractivity contribution in [3.8, 4) is 0 Å². The molecular formula is C23H42N4O7S. The predicted molar refractivity (Wildman–Crippen MR) is 135 cm³/mol. The van der Waals surface area contributed by atoms with Crippen molar-refractivity contribution in [1.82, 2.24) is 20.9 Å². The van der Waals surface area contributed by atoms with Crippen molar-refractivity contribution in [2.24, 2.45) is 5.92 Å². The first-order valence-corrected chi connectivity index (χ1v) is 12.0. The Kier molecular flexibility index (Phi) is 20.8. The van der Waals surface area contributed by atoms with Crippen molar-refractivity contribution in [3.05, 3.63) is 16.6 Å². The largest absolute Gasteiger partial charge is 0.388 e. The number of methoxy groups -OCH3 is 2. The number of nitrogens with zero attached hydrogens (tertiary/aromatic N) is 1. The van der Waals surface area contributed by atoms with Gasteiger partial charge in [-0.05, 0) is 33.1 Å². The third-order valence-corrected chi connectivity index (χ3v) is 4.53. The van der Waals surface area contributed by atoms with E-state index in [1.165, 1.54) is 11.3 Å². The summed E-state index contributed by atoms with van der Waals surface area (Å²) in [7, 11) is 4.86. The molecule has 1 saturated heterocycles. The third-order valence-electron chi connectivity index (χ3n) is 3.75. The van der Waals surface area contributed by atoms with E-state index >= 15 is 0 Å². The number of amides is 3. The number of nitrogens with one attached hydrogen (secondary N) is 3. The number of aldehydes is 1. The lowest BCUT2D eigenvalue weighted by molar-refractivity contribution is -0.124. The van der Waals surface area contributed by atoms with Gasteiger partial charge in [-0.2, -0.15) is 0 Å². The SMILES string of the molecule is CC(C)CC(C=O)NC(=O)CNC=O.CC1(C)CO1.COC.COCC(C)NC(=O)c1cncs1. The minimum absolute atomic E-state index is 0.0274. The Balaban J connectivity index is 0. The fraction of sp³-hybridized carbons (Fsp3) is 0.696. The molecule has 2 rings (SSSR count). The van der Waals surface area contributed by atoms with Crippen LogP contribution in [0.25, 0.3) is 0 Å². The zero-order valence-corrected chi connectivity index (χ0v) is 22.9. The first kappa shape index (κ1) is 34.8. The molecule has 0 radical (unpaired) electrons. The highest BCUT2D eigenvalue weighted by Crippen LogP contribution is 2.23. The average molecular weight is 519 g/mol. The molecule has 1 aromatic heterocycles. The molecule has 1 aliphatic heterocycles. The van der Waals surface area contributed by atoms with E-state index in [9.17, 15) is 19.2 Å². The summed E-state index contributed by atoms with van der Waals surface area (Å²) < 4.78 is 14.0. The van der Waals surface area contributed by atoms with E-state index in [-0.39, 0.29) is 30.0 Å². The summed E-state index contributed by atoms with van der Waals surface area (Å²) in [5.74, 6) is -0.105. The Labute approximate surface area is 212 Å². The second-order valence-corrected chi connectivity index (χ2v) is 9.48. The lowest BCUT2D eigenvalue weighted by atomic mass is 10.1. The van der Waals surface area contributed by atoms with Gasteiger partial charge in [0.25, 0.3) is 5.91 Å². The maximum Gasteiger partial charge on any atom is 0.263 e. The Hall–Kier alpha value is -2.41. The standard InChI is InChI=1S/C9H16N2O3.C8H12N2O2S.C4H8O.C2H6O/c1-7(2)3-8(5-12)11-9(14)4-10-6-13;1-6(4-12-2)10-8(11)7-3-9-5-13-7;1-4(2)3-5-4;1-3-2/h5-8H,3-4H2,1-2H3,(H,10,13)(H,11,14);3,5-6H,4H2,1-2H3,(H,10,11);3H2,1-2H3;1-2H3. The van der Waals surface area contributed by atoms with Crippen molar-refractivity contribution < 1.29 is 33.4 Å². The Bertz CT molecular complexity index is 694. The van der Waals surface area contributed by atoms with Crippen LogP contribution in [0.5, 0.6) is 0 Å². The van der Waals surface area contributed by atoms with Crippen LogP contribution in [0.4, 0.5) is 0 Å². The molecule has 1 fully saturated rings. The Morgan fingerprint density at radius 1 is 1.20 bits per heavy atom.